The number of imide groups is 1. The number of nitro benzene ring substituents is 1. The first-order valence-corrected chi connectivity index (χ1v) is 11.1. The maximum Gasteiger partial charge on any atom is 0.274 e. The van der Waals surface area contributed by atoms with Gasteiger partial charge in [-0.3, -0.25) is 24.5 Å². The van der Waals surface area contributed by atoms with Crippen LogP contribution in [0.2, 0.25) is 0 Å². The maximum atomic E-state index is 13.8. The van der Waals surface area contributed by atoms with Crippen molar-refractivity contribution in [3.05, 3.63) is 99.6 Å². The third-order valence-electron chi connectivity index (χ3n) is 7.14. The first-order valence-electron chi connectivity index (χ1n) is 11.1. The summed E-state index contributed by atoms with van der Waals surface area (Å²) >= 11 is 0. The molecule has 0 spiro atoms. The van der Waals surface area contributed by atoms with Gasteiger partial charge in [0.25, 0.3) is 5.69 Å². The minimum absolute atomic E-state index is 0.103. The largest absolute Gasteiger partial charge is 0.461 e. The lowest BCUT2D eigenvalue weighted by Gasteiger charge is -2.35. The standard InChI is InChI=1S/C26H19N3O6/c1-14-8-9-16(13-18(14)29(33)34)28-25(31)20-21(26(28)32)23(24(30)19-7-4-12-35-19)27-11-10-15-5-2-3-6-17(15)22(20)27/h2-13,20-23H,1H3/t20-,21+,22-,23+/m0/s1. The summed E-state index contributed by atoms with van der Waals surface area (Å²) in [7, 11) is 0. The van der Waals surface area contributed by atoms with Crippen molar-refractivity contribution in [3.63, 3.8) is 0 Å². The topological polar surface area (TPSA) is 114 Å². The average molecular weight is 469 g/mol. The number of hydrogen-bond acceptors (Lipinski definition) is 7. The number of nitro groups is 1. The zero-order valence-corrected chi connectivity index (χ0v) is 18.5. The van der Waals surface area contributed by atoms with Gasteiger partial charge in [-0.25, -0.2) is 4.90 Å². The molecule has 2 saturated heterocycles. The van der Waals surface area contributed by atoms with E-state index in [1.54, 1.807) is 24.1 Å². The van der Waals surface area contributed by atoms with Gasteiger partial charge in [0.1, 0.15) is 6.04 Å². The van der Waals surface area contributed by atoms with E-state index in [0.29, 0.717) is 5.56 Å². The summed E-state index contributed by atoms with van der Waals surface area (Å²) in [6.07, 6.45) is 5.02. The van der Waals surface area contributed by atoms with Crippen LogP contribution in [0.15, 0.2) is 71.5 Å². The molecule has 4 atom stereocenters. The molecule has 0 bridgehead atoms. The second-order valence-electron chi connectivity index (χ2n) is 8.91. The number of ketones is 1. The predicted molar refractivity (Wildman–Crippen MR) is 124 cm³/mol. The summed E-state index contributed by atoms with van der Waals surface area (Å²) in [5, 5.41) is 11.5. The van der Waals surface area contributed by atoms with Gasteiger partial charge in [0.2, 0.25) is 17.6 Å². The van der Waals surface area contributed by atoms with Gasteiger partial charge >= 0.3 is 0 Å². The third kappa shape index (κ3) is 2.91. The number of nitrogens with zero attached hydrogens (tertiary/aromatic N) is 3. The summed E-state index contributed by atoms with van der Waals surface area (Å²) < 4.78 is 5.35. The molecule has 174 valence electrons. The number of furan rings is 1. The third-order valence-corrected chi connectivity index (χ3v) is 7.14. The van der Waals surface area contributed by atoms with E-state index in [1.807, 2.05) is 30.3 Å². The quantitative estimate of drug-likeness (QED) is 0.246. The number of hydrogen-bond donors (Lipinski definition) is 0. The number of carbonyl (C=O) groups excluding carboxylic acids is 3. The van der Waals surface area contributed by atoms with Crippen LogP contribution in [0.5, 0.6) is 0 Å². The average Bonchev–Trinajstić information content (AvgIpc) is 3.56. The fraction of sp³-hybridized carbons (Fsp3) is 0.192. The Bertz CT molecular complexity index is 1440. The lowest BCUT2D eigenvalue weighted by atomic mass is 9.84. The number of fused-ring (bicyclic) bond motifs is 5. The summed E-state index contributed by atoms with van der Waals surface area (Å²) in [4.78, 5) is 54.9. The normalized spacial score (nSPS) is 24.4. The van der Waals surface area contributed by atoms with Gasteiger partial charge in [-0.1, -0.05) is 30.3 Å². The molecule has 2 aromatic carbocycles. The smallest absolute Gasteiger partial charge is 0.274 e. The van der Waals surface area contributed by atoms with E-state index in [-0.39, 0.29) is 17.1 Å². The van der Waals surface area contributed by atoms with Crippen LogP contribution >= 0.6 is 0 Å². The molecule has 3 aliphatic heterocycles. The van der Waals surface area contributed by atoms with Crippen molar-refractivity contribution in [3.8, 4) is 0 Å². The van der Waals surface area contributed by atoms with Crippen molar-refractivity contribution in [1.82, 2.24) is 4.90 Å². The maximum absolute atomic E-state index is 13.8. The first-order chi connectivity index (χ1) is 16.9. The number of Topliss-reactive ketones (excluding diaryl/α,β-unsaturated/α-hetero) is 1. The van der Waals surface area contributed by atoms with Crippen LogP contribution in [-0.2, 0) is 9.59 Å². The van der Waals surface area contributed by atoms with E-state index in [1.165, 1.54) is 30.5 Å². The van der Waals surface area contributed by atoms with Gasteiger partial charge in [-0.15, -0.1) is 0 Å². The summed E-state index contributed by atoms with van der Waals surface area (Å²) in [5.74, 6) is -3.13. The van der Waals surface area contributed by atoms with Crippen molar-refractivity contribution >= 4 is 35.0 Å². The highest BCUT2D eigenvalue weighted by Crippen LogP contribution is 2.53. The highest BCUT2D eigenvalue weighted by Gasteiger charge is 2.64. The predicted octanol–water partition coefficient (Wildman–Crippen LogP) is 3.89. The van der Waals surface area contributed by atoms with Gasteiger partial charge in [0.05, 0.1) is 34.8 Å². The molecule has 9 heteroatoms. The van der Waals surface area contributed by atoms with Crippen molar-refractivity contribution in [2.45, 2.75) is 19.0 Å². The second kappa shape index (κ2) is 7.49. The molecule has 2 fully saturated rings. The molecule has 2 amide bonds. The van der Waals surface area contributed by atoms with Crippen LogP contribution in [-0.4, -0.2) is 33.5 Å². The molecule has 6 rings (SSSR count). The van der Waals surface area contributed by atoms with Gasteiger partial charge in [0, 0.05) is 17.8 Å². The fourth-order valence-electron chi connectivity index (χ4n) is 5.61. The Labute approximate surface area is 199 Å². The molecule has 4 heterocycles. The van der Waals surface area contributed by atoms with Crippen LogP contribution in [0.4, 0.5) is 11.4 Å². The highest BCUT2D eigenvalue weighted by molar-refractivity contribution is 6.24. The zero-order chi connectivity index (χ0) is 24.4. The molecule has 3 aliphatic rings. The van der Waals surface area contributed by atoms with E-state index in [2.05, 4.69) is 0 Å². The van der Waals surface area contributed by atoms with Crippen LogP contribution in [0.25, 0.3) is 6.08 Å². The summed E-state index contributed by atoms with van der Waals surface area (Å²) in [6.45, 7) is 1.59. The summed E-state index contributed by atoms with van der Waals surface area (Å²) in [6, 6.07) is 13.5. The SMILES string of the molecule is Cc1ccc(N2C(=O)[C@@H]3[C@H](C2=O)[C@@H]2c4ccccc4C=CN2[C@H]3C(=O)c2ccco2)cc1[N+](=O)[O-]. The number of anilines is 1. The van der Waals surface area contributed by atoms with Crippen LogP contribution in [0.3, 0.4) is 0 Å². The van der Waals surface area contributed by atoms with E-state index >= 15 is 0 Å². The van der Waals surface area contributed by atoms with Crippen molar-refractivity contribution in [2.24, 2.45) is 11.8 Å². The zero-order valence-electron chi connectivity index (χ0n) is 18.5. The Hall–Kier alpha value is -4.53. The molecular weight excluding hydrogens is 450 g/mol. The lowest BCUT2D eigenvalue weighted by molar-refractivity contribution is -0.385. The molecule has 0 N–H and O–H groups in total. The number of benzene rings is 2. The van der Waals surface area contributed by atoms with Crippen LogP contribution < -0.4 is 4.90 Å². The van der Waals surface area contributed by atoms with Crippen molar-refractivity contribution in [1.29, 1.82) is 0 Å². The Morgan fingerprint density at radius 1 is 1.03 bits per heavy atom. The van der Waals surface area contributed by atoms with Gasteiger partial charge in [-0.05, 0) is 42.3 Å². The monoisotopic (exact) mass is 469 g/mol. The lowest BCUT2D eigenvalue weighted by Crippen LogP contribution is -2.44. The number of amides is 2. The molecule has 1 aromatic heterocycles. The molecule has 0 aliphatic carbocycles. The Morgan fingerprint density at radius 2 is 1.80 bits per heavy atom. The van der Waals surface area contributed by atoms with Crippen LogP contribution in [0.1, 0.15) is 33.3 Å². The second-order valence-corrected chi connectivity index (χ2v) is 8.91. The number of aryl methyl sites for hydroxylation is 1. The summed E-state index contributed by atoms with van der Waals surface area (Å²) in [5.41, 5.74) is 2.11. The molecule has 9 nitrogen and oxygen atoms in total. The van der Waals surface area contributed by atoms with Gasteiger partial charge in [0.15, 0.2) is 5.76 Å². The molecular formula is C26H19N3O6. The number of carbonyl (C=O) groups is 3. The Kier molecular flexibility index (Phi) is 4.50. The molecule has 3 aromatic rings. The van der Waals surface area contributed by atoms with Gasteiger partial charge in [-0.2, -0.15) is 0 Å². The van der Waals surface area contributed by atoms with E-state index in [0.717, 1.165) is 16.0 Å². The minimum Gasteiger partial charge on any atom is -0.461 e. The van der Waals surface area contributed by atoms with E-state index < -0.39 is 46.4 Å². The molecule has 35 heavy (non-hydrogen) atoms. The Morgan fingerprint density at radius 3 is 2.54 bits per heavy atom. The first kappa shape index (κ1) is 21.0. The molecule has 0 radical (unpaired) electrons. The van der Waals surface area contributed by atoms with E-state index in [4.69, 9.17) is 4.42 Å². The van der Waals surface area contributed by atoms with Crippen molar-refractivity contribution in [2.75, 3.05) is 4.90 Å². The van der Waals surface area contributed by atoms with Crippen LogP contribution in [0, 0.1) is 28.9 Å². The molecule has 0 saturated carbocycles. The molecule has 0 unspecified atom stereocenters. The Balaban J connectivity index is 1.50. The van der Waals surface area contributed by atoms with Crippen molar-refractivity contribution < 1.29 is 23.7 Å². The van der Waals surface area contributed by atoms with Gasteiger partial charge < -0.3 is 9.32 Å². The highest BCUT2D eigenvalue weighted by atomic mass is 16.6. The van der Waals surface area contributed by atoms with E-state index in [9.17, 15) is 24.5 Å². The fourth-order valence-corrected chi connectivity index (χ4v) is 5.61. The minimum atomic E-state index is -0.971. The number of rotatable bonds is 4.